The van der Waals surface area contributed by atoms with Crippen LogP contribution < -0.4 is 10.6 Å². The van der Waals surface area contributed by atoms with E-state index in [1.54, 1.807) is 53.1 Å². The maximum absolute atomic E-state index is 12.2. The molecule has 0 radical (unpaired) electrons. The number of carbonyl (C=O) groups excluding carboxylic acids is 2. The molecule has 0 spiro atoms. The standard InChI is InChI=1S/C22H32N4O6S.C20H28N4O6S/c1-22(2,3)31-21(27)26-11-9-16(10-12-26)30-14-19-23-20(24-32-19)15-7-8-18(33(6,28)29)17(13-15)25(4)5;1-20(2,3)29-19(25)24-9-7-14(8-10-24)28-12-17-22-18(23-30-17)13-5-6-16(15(21)11-13)31(4,26)27/h7-8,13,16H,9-12,14H2,1-6H3;5-6,11,14H,7-10,12,21H2,1-4H3. The second kappa shape index (κ2) is 20.2. The van der Waals surface area contributed by atoms with Crippen LogP contribution >= 0.6 is 0 Å². The Labute approximate surface area is 374 Å². The van der Waals surface area contributed by atoms with Gasteiger partial charge in [0.2, 0.25) is 11.6 Å². The van der Waals surface area contributed by atoms with Gasteiger partial charge < -0.3 is 48.4 Å². The highest BCUT2D eigenvalue weighted by Crippen LogP contribution is 2.30. The van der Waals surface area contributed by atoms with Crippen molar-refractivity contribution in [3.63, 3.8) is 0 Å². The van der Waals surface area contributed by atoms with E-state index in [9.17, 15) is 26.4 Å². The normalized spacial score (nSPS) is 15.7. The van der Waals surface area contributed by atoms with Crippen LogP contribution in [0.4, 0.5) is 21.0 Å². The zero-order valence-electron chi connectivity index (χ0n) is 38.1. The fourth-order valence-electron chi connectivity index (χ4n) is 6.65. The Morgan fingerprint density at radius 2 is 1.08 bits per heavy atom. The number of piperidine rings is 2. The van der Waals surface area contributed by atoms with Crippen LogP contribution in [0.25, 0.3) is 22.8 Å². The number of nitrogens with zero attached hydrogens (tertiary/aromatic N) is 7. The number of nitrogens with two attached hydrogens (primary N) is 1. The molecule has 20 nitrogen and oxygen atoms in total. The van der Waals surface area contributed by atoms with Crippen LogP contribution in [-0.2, 0) is 51.8 Å². The zero-order valence-corrected chi connectivity index (χ0v) is 39.7. The highest BCUT2D eigenvalue weighted by Gasteiger charge is 2.29. The molecule has 0 unspecified atom stereocenters. The summed E-state index contributed by atoms with van der Waals surface area (Å²) < 4.78 is 80.6. The van der Waals surface area contributed by atoms with E-state index in [1.807, 2.05) is 41.5 Å². The summed E-state index contributed by atoms with van der Waals surface area (Å²) in [5.41, 5.74) is 6.68. The van der Waals surface area contributed by atoms with Crippen LogP contribution in [0.3, 0.4) is 0 Å². The molecule has 22 heteroatoms. The number of likely N-dealkylation sites (tertiary alicyclic amines) is 2. The number of rotatable bonds is 11. The van der Waals surface area contributed by atoms with Gasteiger partial charge in [0.05, 0.1) is 33.4 Å². The number of sulfone groups is 2. The van der Waals surface area contributed by atoms with Crippen LogP contribution in [0.2, 0.25) is 0 Å². The van der Waals surface area contributed by atoms with Crippen molar-refractivity contribution >= 4 is 43.2 Å². The molecule has 0 aliphatic carbocycles. The van der Waals surface area contributed by atoms with Crippen molar-refractivity contribution in [3.8, 4) is 22.8 Å². The van der Waals surface area contributed by atoms with E-state index in [0.717, 1.165) is 6.26 Å². The van der Waals surface area contributed by atoms with Gasteiger partial charge >= 0.3 is 12.2 Å². The van der Waals surface area contributed by atoms with Gasteiger partial charge in [-0.1, -0.05) is 10.3 Å². The van der Waals surface area contributed by atoms with Crippen LogP contribution in [-0.4, -0.2) is 135 Å². The first-order chi connectivity index (χ1) is 29.8. The Kier molecular flexibility index (Phi) is 15.7. The van der Waals surface area contributed by atoms with E-state index in [-0.39, 0.29) is 53.1 Å². The Balaban J connectivity index is 0.000000241. The van der Waals surface area contributed by atoms with Crippen molar-refractivity contribution in [2.24, 2.45) is 0 Å². The lowest BCUT2D eigenvalue weighted by atomic mass is 10.1. The summed E-state index contributed by atoms with van der Waals surface area (Å²) >= 11 is 0. The van der Waals surface area contributed by atoms with Crippen molar-refractivity contribution in [1.82, 2.24) is 30.1 Å². The van der Waals surface area contributed by atoms with Crippen molar-refractivity contribution < 1.29 is 54.4 Å². The Bertz CT molecular complexity index is 2460. The second-order valence-corrected chi connectivity index (χ2v) is 21.8. The quantitative estimate of drug-likeness (QED) is 0.175. The molecule has 4 heterocycles. The number of ether oxygens (including phenoxy) is 4. The minimum absolute atomic E-state index is 0.0200. The molecular weight excluding hydrogens is 873 g/mol. The number of aromatic nitrogens is 4. The third kappa shape index (κ3) is 14.3. The first-order valence-electron chi connectivity index (χ1n) is 20.7. The van der Waals surface area contributed by atoms with Gasteiger partial charge in [-0.3, -0.25) is 0 Å². The molecule has 2 aromatic heterocycles. The first-order valence-corrected chi connectivity index (χ1v) is 24.5. The number of hydrogen-bond donors (Lipinski definition) is 1. The number of hydrogen-bond acceptors (Lipinski definition) is 18. The van der Waals surface area contributed by atoms with Crippen LogP contribution in [0.1, 0.15) is 79.0 Å². The summed E-state index contributed by atoms with van der Waals surface area (Å²) in [7, 11) is -3.23. The van der Waals surface area contributed by atoms with E-state index >= 15 is 0 Å². The average Bonchev–Trinajstić information content (AvgIpc) is 3.88. The maximum Gasteiger partial charge on any atom is 0.410 e. The van der Waals surface area contributed by atoms with Gasteiger partial charge in [-0.25, -0.2) is 26.4 Å². The second-order valence-electron chi connectivity index (χ2n) is 17.9. The summed E-state index contributed by atoms with van der Waals surface area (Å²) in [5, 5.41) is 7.92. The van der Waals surface area contributed by atoms with E-state index in [2.05, 4.69) is 20.3 Å². The molecule has 2 aromatic carbocycles. The molecule has 6 rings (SSSR count). The molecule has 2 aliphatic heterocycles. The lowest BCUT2D eigenvalue weighted by molar-refractivity contribution is -0.0237. The van der Waals surface area contributed by atoms with Gasteiger partial charge in [0, 0.05) is 63.9 Å². The topological polar surface area (TPSA) is 253 Å². The van der Waals surface area contributed by atoms with Crippen molar-refractivity contribution in [2.75, 3.05) is 63.4 Å². The third-order valence-corrected chi connectivity index (χ3v) is 12.1. The van der Waals surface area contributed by atoms with Crippen molar-refractivity contribution in [1.29, 1.82) is 0 Å². The zero-order chi connectivity index (χ0) is 47.2. The predicted octanol–water partition coefficient (Wildman–Crippen LogP) is 5.76. The lowest BCUT2D eigenvalue weighted by Gasteiger charge is -2.33. The fraction of sp³-hybridized carbons (Fsp3) is 0.571. The van der Waals surface area contributed by atoms with Crippen LogP contribution in [0.5, 0.6) is 0 Å². The number of amides is 2. The molecule has 0 atom stereocenters. The molecule has 0 saturated carbocycles. The smallest absolute Gasteiger partial charge is 0.410 e. The SMILES string of the molecule is CC(C)(C)OC(=O)N1CCC(OCc2nc(-c3ccc(S(C)(=O)=O)c(N)c3)no2)CC1.CN(C)c1cc(-c2noc(COC3CCN(C(=O)OC(C)(C)C)CC3)n2)ccc1S(C)(=O)=O. The molecule has 352 valence electrons. The molecule has 4 aromatic rings. The number of benzene rings is 2. The molecule has 64 heavy (non-hydrogen) atoms. The molecule has 2 amide bonds. The van der Waals surface area contributed by atoms with Crippen molar-refractivity contribution in [2.45, 2.75) is 114 Å². The van der Waals surface area contributed by atoms with Crippen molar-refractivity contribution in [3.05, 3.63) is 48.2 Å². The van der Waals surface area contributed by atoms with E-state index in [0.29, 0.717) is 92.1 Å². The minimum Gasteiger partial charge on any atom is -0.444 e. The van der Waals surface area contributed by atoms with Gasteiger partial charge in [-0.15, -0.1) is 0 Å². The molecule has 0 bridgehead atoms. The molecular formula is C42H60N8O12S2. The third-order valence-electron chi connectivity index (χ3n) is 9.77. The van der Waals surface area contributed by atoms with E-state index in [1.165, 1.54) is 18.4 Å². The van der Waals surface area contributed by atoms with Crippen LogP contribution in [0, 0.1) is 0 Å². The number of nitrogen functional groups attached to an aromatic ring is 1. The average molecular weight is 933 g/mol. The summed E-state index contributed by atoms with van der Waals surface area (Å²) in [4.78, 5) is 38.4. The van der Waals surface area contributed by atoms with Gasteiger partial charge in [0.1, 0.15) is 24.4 Å². The highest BCUT2D eigenvalue weighted by molar-refractivity contribution is 7.91. The Hall–Kier alpha value is -5.32. The fourth-order valence-corrected chi connectivity index (χ4v) is 8.39. The summed E-state index contributed by atoms with van der Waals surface area (Å²) in [5.74, 6) is 1.29. The molecule has 2 N–H and O–H groups in total. The van der Waals surface area contributed by atoms with Crippen LogP contribution in [0.15, 0.2) is 55.2 Å². The lowest BCUT2D eigenvalue weighted by Crippen LogP contribution is -2.43. The van der Waals surface area contributed by atoms with Gasteiger partial charge in [0.15, 0.2) is 19.7 Å². The summed E-state index contributed by atoms with van der Waals surface area (Å²) in [6, 6.07) is 9.42. The van der Waals surface area contributed by atoms with Gasteiger partial charge in [0.25, 0.3) is 11.8 Å². The van der Waals surface area contributed by atoms with E-state index < -0.39 is 30.9 Å². The molecule has 2 saturated heterocycles. The first kappa shape index (κ1) is 49.7. The summed E-state index contributed by atoms with van der Waals surface area (Å²) in [6.07, 6.45) is 4.37. The maximum atomic E-state index is 12.2. The largest absolute Gasteiger partial charge is 0.444 e. The van der Waals surface area contributed by atoms with Gasteiger partial charge in [-0.05, 0) is 104 Å². The Morgan fingerprint density at radius 3 is 1.44 bits per heavy atom. The van der Waals surface area contributed by atoms with Gasteiger partial charge in [-0.2, -0.15) is 9.97 Å². The number of anilines is 2. The highest BCUT2D eigenvalue weighted by atomic mass is 32.2. The molecule has 2 fully saturated rings. The minimum atomic E-state index is -3.41. The molecule has 2 aliphatic rings. The Morgan fingerprint density at radius 1 is 0.688 bits per heavy atom. The predicted molar refractivity (Wildman–Crippen MR) is 236 cm³/mol. The van der Waals surface area contributed by atoms with E-state index in [4.69, 9.17) is 33.7 Å². The monoisotopic (exact) mass is 932 g/mol. The number of carbonyl (C=O) groups is 2. The summed E-state index contributed by atoms with van der Waals surface area (Å²) in [6.45, 7) is 13.6.